The Morgan fingerprint density at radius 1 is 0.134 bits per heavy atom. The van der Waals surface area contributed by atoms with Gasteiger partial charge in [-0.3, -0.25) is 0 Å². The summed E-state index contributed by atoms with van der Waals surface area (Å²) < 4.78 is 0. The monoisotopic (exact) mass is 1220 g/mol. The molecule has 0 radical (unpaired) electrons. The minimum atomic E-state index is 1.24. The molecular formula is C74H72S8. The third-order valence-electron chi connectivity index (χ3n) is 13.7. The van der Waals surface area contributed by atoms with Crippen molar-refractivity contribution in [3.8, 4) is 0 Å². The first-order chi connectivity index (χ1) is 39.0. The summed E-state index contributed by atoms with van der Waals surface area (Å²) in [7, 11) is 0. The lowest BCUT2D eigenvalue weighted by molar-refractivity contribution is 0.994. The lowest BCUT2D eigenvalue weighted by Gasteiger charge is -2.29. The summed E-state index contributed by atoms with van der Waals surface area (Å²) in [5.41, 5.74) is 20.2. The van der Waals surface area contributed by atoms with E-state index in [-0.39, 0.29) is 0 Å². The highest BCUT2D eigenvalue weighted by atomic mass is 32.2. The van der Waals surface area contributed by atoms with Crippen molar-refractivity contribution in [2.24, 2.45) is 0 Å². The number of fused-ring (bicyclic) bond motifs is 1. The van der Waals surface area contributed by atoms with Gasteiger partial charge in [0.2, 0.25) is 0 Å². The Labute approximate surface area is 523 Å². The molecule has 0 N–H and O–H groups in total. The molecule has 8 heteroatoms. The fraction of sp³-hybridized carbons (Fsp3) is 0.216. The van der Waals surface area contributed by atoms with E-state index in [4.69, 9.17) is 0 Å². The Kier molecular flexibility index (Phi) is 19.0. The van der Waals surface area contributed by atoms with Gasteiger partial charge in [-0.15, -0.1) is 0 Å². The summed E-state index contributed by atoms with van der Waals surface area (Å²) >= 11 is 15.6. The van der Waals surface area contributed by atoms with E-state index in [9.17, 15) is 0 Å². The number of aryl methyl sites for hydroxylation is 16. The van der Waals surface area contributed by atoms with Gasteiger partial charge in [0.15, 0.2) is 0 Å². The van der Waals surface area contributed by atoms with Crippen molar-refractivity contribution >= 4 is 105 Å². The van der Waals surface area contributed by atoms with Crippen molar-refractivity contribution in [2.45, 2.75) is 189 Å². The fourth-order valence-electron chi connectivity index (χ4n) is 11.2. The number of hydrogen-bond donors (Lipinski definition) is 0. The molecule has 0 fully saturated rings. The maximum Gasteiger partial charge on any atom is 0.0420 e. The van der Waals surface area contributed by atoms with E-state index < -0.39 is 0 Å². The highest BCUT2D eigenvalue weighted by Gasteiger charge is 2.33. The molecule has 0 heterocycles. The Hall–Kier alpha value is -4.74. The van der Waals surface area contributed by atoms with E-state index in [0.717, 1.165) is 0 Å². The van der Waals surface area contributed by atoms with E-state index >= 15 is 0 Å². The van der Waals surface area contributed by atoms with Gasteiger partial charge in [-0.25, -0.2) is 0 Å². The van der Waals surface area contributed by atoms with Crippen LogP contribution in [0.15, 0.2) is 224 Å². The molecule has 0 bridgehead atoms. The van der Waals surface area contributed by atoms with Crippen LogP contribution in [-0.2, 0) is 0 Å². The molecule has 10 rings (SSSR count). The maximum atomic E-state index is 2.40. The van der Waals surface area contributed by atoms with Crippen LogP contribution in [0.4, 0.5) is 0 Å². The molecule has 0 atom stereocenters. The Bertz CT molecular complexity index is 3440. The predicted octanol–water partition coefficient (Wildman–Crippen LogP) is 25.0. The normalized spacial score (nSPS) is 11.6. The van der Waals surface area contributed by atoms with Gasteiger partial charge in [0, 0.05) is 89.1 Å². The zero-order valence-corrected chi connectivity index (χ0v) is 56.7. The van der Waals surface area contributed by atoms with Gasteiger partial charge >= 0.3 is 0 Å². The summed E-state index contributed by atoms with van der Waals surface area (Å²) in [5.74, 6) is 0. The van der Waals surface area contributed by atoms with Crippen LogP contribution < -0.4 is 0 Å². The standard InChI is InChI=1S/C74H72S8/c1-41-17-42(2)26-57(25-41)75-67-65-66(69(77-59-29-45(5)19-46(6)30-59)72(80-62-35-51(11)22-52(12)36-62)71(67)79-61-33-49(9)21-50(10)34-61)70(78-60-31-47(7)20-48(8)32-60)74(82-64-39-55(15)24-56(16)40-64)73(81-63-37-53(13)23-54(14)38-63)68(65)76-58-27-43(3)18-44(4)28-58/h17-40H,1-16H3. The van der Waals surface area contributed by atoms with E-state index in [2.05, 4.69) is 256 Å². The van der Waals surface area contributed by atoms with Gasteiger partial charge in [0.05, 0.1) is 0 Å². The molecule has 0 aromatic heterocycles. The lowest BCUT2D eigenvalue weighted by atomic mass is 10.1. The molecule has 0 saturated heterocycles. The third kappa shape index (κ3) is 14.8. The minimum Gasteiger partial charge on any atom is -0.0881 e. The van der Waals surface area contributed by atoms with Crippen LogP contribution in [0, 0.1) is 111 Å². The van der Waals surface area contributed by atoms with Crippen LogP contribution in [0.25, 0.3) is 10.8 Å². The molecule has 0 unspecified atom stereocenters. The molecule has 0 aliphatic heterocycles. The van der Waals surface area contributed by atoms with Gasteiger partial charge < -0.3 is 0 Å². The van der Waals surface area contributed by atoms with E-state index in [0.29, 0.717) is 0 Å². The molecule has 10 aromatic rings. The highest BCUT2D eigenvalue weighted by molar-refractivity contribution is 8.06. The Balaban J connectivity index is 1.52. The quantitative estimate of drug-likeness (QED) is 0.0927. The SMILES string of the molecule is Cc1cc(C)cc(Sc2c(Sc3cc(C)cc(C)c3)c(Sc3cc(C)cc(C)c3)c3c(Sc4cc(C)cc(C)c4)c(Sc4cc(C)cc(C)c4)c(Sc4cc(C)cc(C)c4)c(Sc4cc(C)cc(C)c4)c3c2Sc2cc(C)cc(C)c2)c1. The van der Waals surface area contributed by atoms with Crippen molar-refractivity contribution < 1.29 is 0 Å². The van der Waals surface area contributed by atoms with E-state index in [1.165, 1.54) is 178 Å². The van der Waals surface area contributed by atoms with Crippen LogP contribution in [0.2, 0.25) is 0 Å². The number of hydrogen-bond acceptors (Lipinski definition) is 8. The highest BCUT2D eigenvalue weighted by Crippen LogP contribution is 2.63. The summed E-state index contributed by atoms with van der Waals surface area (Å²) in [6.07, 6.45) is 0. The second-order valence-electron chi connectivity index (χ2n) is 22.8. The van der Waals surface area contributed by atoms with Crippen LogP contribution in [0.1, 0.15) is 89.0 Å². The zero-order chi connectivity index (χ0) is 58.3. The molecule has 0 saturated carbocycles. The fourth-order valence-corrected chi connectivity index (χ4v) is 22.4. The molecular weight excluding hydrogens is 1150 g/mol. The topological polar surface area (TPSA) is 0 Å². The molecule has 0 spiro atoms. The van der Waals surface area contributed by atoms with Crippen molar-refractivity contribution in [1.29, 1.82) is 0 Å². The largest absolute Gasteiger partial charge is 0.0881 e. The number of benzene rings is 10. The molecule has 10 aromatic carbocycles. The van der Waals surface area contributed by atoms with Crippen molar-refractivity contribution in [1.82, 2.24) is 0 Å². The Morgan fingerprint density at radius 2 is 0.232 bits per heavy atom. The van der Waals surface area contributed by atoms with Crippen LogP contribution in [0.3, 0.4) is 0 Å². The third-order valence-corrected chi connectivity index (χ3v) is 23.2. The van der Waals surface area contributed by atoms with E-state index in [1.54, 1.807) is 0 Å². The van der Waals surface area contributed by atoms with Crippen LogP contribution in [-0.4, -0.2) is 0 Å². The average Bonchev–Trinajstić information content (AvgIpc) is 3.55. The first-order valence-electron chi connectivity index (χ1n) is 27.9. The summed E-state index contributed by atoms with van der Waals surface area (Å²) in [5, 5.41) is 2.58. The van der Waals surface area contributed by atoms with Crippen LogP contribution in [0.5, 0.6) is 0 Å². The smallest absolute Gasteiger partial charge is 0.0420 e. The van der Waals surface area contributed by atoms with Gasteiger partial charge in [0.25, 0.3) is 0 Å². The maximum absolute atomic E-state index is 2.40. The second kappa shape index (κ2) is 25.9. The number of rotatable bonds is 16. The molecule has 0 nitrogen and oxygen atoms in total. The Morgan fingerprint density at radius 3 is 0.341 bits per heavy atom. The minimum absolute atomic E-state index is 1.24. The van der Waals surface area contributed by atoms with E-state index in [1.807, 2.05) is 94.1 Å². The first kappa shape index (κ1) is 60.4. The average molecular weight is 1220 g/mol. The summed E-state index contributed by atoms with van der Waals surface area (Å²) in [6, 6.07) is 56.9. The van der Waals surface area contributed by atoms with Gasteiger partial charge in [-0.05, 0) is 297 Å². The second-order valence-corrected chi connectivity index (χ2v) is 31.5. The lowest BCUT2D eigenvalue weighted by Crippen LogP contribution is -2.01. The van der Waals surface area contributed by atoms with Gasteiger partial charge in [-0.2, -0.15) is 0 Å². The molecule has 416 valence electrons. The van der Waals surface area contributed by atoms with Gasteiger partial charge in [-0.1, -0.05) is 143 Å². The van der Waals surface area contributed by atoms with Crippen molar-refractivity contribution in [3.05, 3.63) is 235 Å². The molecule has 0 aliphatic carbocycles. The predicted molar refractivity (Wildman–Crippen MR) is 364 cm³/mol. The van der Waals surface area contributed by atoms with Gasteiger partial charge in [0.1, 0.15) is 0 Å². The first-order valence-corrected chi connectivity index (χ1v) is 34.4. The summed E-state index contributed by atoms with van der Waals surface area (Å²) in [6.45, 7) is 36.0. The van der Waals surface area contributed by atoms with Crippen molar-refractivity contribution in [3.63, 3.8) is 0 Å². The van der Waals surface area contributed by atoms with Crippen LogP contribution >= 0.6 is 94.1 Å². The summed E-state index contributed by atoms with van der Waals surface area (Å²) in [4.78, 5) is 20.1. The zero-order valence-electron chi connectivity index (χ0n) is 50.1. The molecule has 0 aliphatic rings. The molecule has 82 heavy (non-hydrogen) atoms. The van der Waals surface area contributed by atoms with Crippen molar-refractivity contribution in [2.75, 3.05) is 0 Å². The molecule has 0 amide bonds.